The monoisotopic (exact) mass is 434 g/mol. The first-order valence-corrected chi connectivity index (χ1v) is 9.07. The normalized spacial score (nSPS) is 10.7. The van der Waals surface area contributed by atoms with E-state index in [1.54, 1.807) is 30.3 Å². The number of methoxy groups -OCH3 is 3. The van der Waals surface area contributed by atoms with Crippen LogP contribution in [0.2, 0.25) is 10.0 Å². The highest BCUT2D eigenvalue weighted by atomic mass is 35.5. The molecule has 6 nitrogen and oxygen atoms in total. The number of halogens is 2. The summed E-state index contributed by atoms with van der Waals surface area (Å²) in [5, 5.41) is 11.4. The summed E-state index contributed by atoms with van der Waals surface area (Å²) in [5.41, 5.74) is 0.530. The van der Waals surface area contributed by atoms with Crippen molar-refractivity contribution in [3.63, 3.8) is 0 Å². The van der Waals surface area contributed by atoms with E-state index in [4.69, 9.17) is 37.4 Å². The van der Waals surface area contributed by atoms with Crippen molar-refractivity contribution in [3.05, 3.63) is 57.6 Å². The second-order valence-electron chi connectivity index (χ2n) is 6.03. The molecule has 150 valence electrons. The largest absolute Gasteiger partial charge is 0.493 e. The Kier molecular flexibility index (Phi) is 5.86. The van der Waals surface area contributed by atoms with Gasteiger partial charge in [0.05, 0.1) is 42.5 Å². The quantitative estimate of drug-likeness (QED) is 0.547. The van der Waals surface area contributed by atoms with Crippen molar-refractivity contribution in [1.29, 1.82) is 0 Å². The lowest BCUT2D eigenvalue weighted by molar-refractivity contribution is 0.0584. The van der Waals surface area contributed by atoms with Gasteiger partial charge in [-0.25, -0.2) is 9.59 Å². The van der Waals surface area contributed by atoms with Crippen molar-refractivity contribution in [2.45, 2.75) is 0 Å². The molecule has 0 aliphatic heterocycles. The van der Waals surface area contributed by atoms with Gasteiger partial charge < -0.3 is 19.3 Å². The first-order valence-electron chi connectivity index (χ1n) is 8.32. The SMILES string of the molecule is COC(=O)c1c(C(=O)O)cc2cc(OC)c(OC)cc2c1-c1ccc(Cl)c(Cl)c1. The fourth-order valence-electron chi connectivity index (χ4n) is 3.16. The number of carbonyl (C=O) groups excluding carboxylic acids is 1. The molecule has 0 spiro atoms. The summed E-state index contributed by atoms with van der Waals surface area (Å²) < 4.78 is 15.6. The summed E-state index contributed by atoms with van der Waals surface area (Å²) in [6, 6.07) is 9.49. The van der Waals surface area contributed by atoms with Gasteiger partial charge >= 0.3 is 11.9 Å². The average molecular weight is 435 g/mol. The molecule has 0 aliphatic carbocycles. The highest BCUT2D eigenvalue weighted by Gasteiger charge is 2.26. The minimum absolute atomic E-state index is 0.0990. The van der Waals surface area contributed by atoms with Gasteiger partial charge in [0.15, 0.2) is 11.5 Å². The second kappa shape index (κ2) is 8.19. The summed E-state index contributed by atoms with van der Waals surface area (Å²) in [6.07, 6.45) is 0. The summed E-state index contributed by atoms with van der Waals surface area (Å²) >= 11 is 12.2. The molecule has 0 amide bonds. The molecule has 0 saturated heterocycles. The van der Waals surface area contributed by atoms with Crippen LogP contribution in [0.25, 0.3) is 21.9 Å². The standard InChI is InChI=1S/C21H16Cl2O6/c1-27-16-8-11-6-13(20(24)25)19(21(26)29-3)18(12(11)9-17(16)28-2)10-4-5-14(22)15(23)7-10/h4-9H,1-3H3,(H,24,25). The molecule has 0 bridgehead atoms. The molecule has 3 rings (SSSR count). The Labute approximate surface area is 176 Å². The molecule has 0 heterocycles. The van der Waals surface area contributed by atoms with Crippen LogP contribution >= 0.6 is 23.2 Å². The van der Waals surface area contributed by atoms with Gasteiger partial charge in [-0.05, 0) is 46.7 Å². The summed E-state index contributed by atoms with van der Waals surface area (Å²) in [5.74, 6) is -1.23. The number of hydrogen-bond acceptors (Lipinski definition) is 5. The average Bonchev–Trinajstić information content (AvgIpc) is 2.72. The zero-order chi connectivity index (χ0) is 21.3. The molecular weight excluding hydrogens is 419 g/mol. The molecule has 3 aromatic carbocycles. The number of aromatic carboxylic acids is 1. The van der Waals surface area contributed by atoms with Crippen LogP contribution in [-0.2, 0) is 4.74 Å². The molecule has 0 fully saturated rings. The molecule has 29 heavy (non-hydrogen) atoms. The smallest absolute Gasteiger partial charge is 0.339 e. The number of fused-ring (bicyclic) bond motifs is 1. The molecular formula is C21H16Cl2O6. The van der Waals surface area contributed by atoms with E-state index in [9.17, 15) is 14.7 Å². The maximum Gasteiger partial charge on any atom is 0.339 e. The van der Waals surface area contributed by atoms with Gasteiger partial charge in [0.25, 0.3) is 0 Å². The van der Waals surface area contributed by atoms with Crippen molar-refractivity contribution in [1.82, 2.24) is 0 Å². The van der Waals surface area contributed by atoms with Gasteiger partial charge in [0.2, 0.25) is 0 Å². The van der Waals surface area contributed by atoms with E-state index >= 15 is 0 Å². The van der Waals surface area contributed by atoms with E-state index in [2.05, 4.69) is 0 Å². The number of benzene rings is 3. The first kappa shape index (κ1) is 20.8. The van der Waals surface area contributed by atoms with Crippen molar-refractivity contribution >= 4 is 45.9 Å². The predicted octanol–water partition coefficient (Wildman–Crippen LogP) is 5.32. The molecule has 3 aromatic rings. The lowest BCUT2D eigenvalue weighted by atomic mass is 9.89. The zero-order valence-corrected chi connectivity index (χ0v) is 17.2. The van der Waals surface area contributed by atoms with E-state index in [0.717, 1.165) is 0 Å². The van der Waals surface area contributed by atoms with Crippen molar-refractivity contribution in [3.8, 4) is 22.6 Å². The van der Waals surface area contributed by atoms with Gasteiger partial charge in [0, 0.05) is 5.56 Å². The molecule has 0 radical (unpaired) electrons. The number of ether oxygens (including phenoxy) is 3. The highest BCUT2D eigenvalue weighted by Crippen LogP contribution is 2.41. The lowest BCUT2D eigenvalue weighted by Crippen LogP contribution is -2.12. The first-order chi connectivity index (χ1) is 13.8. The summed E-state index contributed by atoms with van der Waals surface area (Å²) in [7, 11) is 4.14. The summed E-state index contributed by atoms with van der Waals surface area (Å²) in [6.45, 7) is 0. The Morgan fingerprint density at radius 3 is 2.10 bits per heavy atom. The lowest BCUT2D eigenvalue weighted by Gasteiger charge is -2.17. The molecule has 0 aliphatic rings. The van der Waals surface area contributed by atoms with Crippen LogP contribution in [-0.4, -0.2) is 38.4 Å². The molecule has 0 atom stereocenters. The number of esters is 1. The van der Waals surface area contributed by atoms with Crippen LogP contribution in [0.3, 0.4) is 0 Å². The Bertz CT molecular complexity index is 1140. The second-order valence-corrected chi connectivity index (χ2v) is 6.84. The Hall–Kier alpha value is -2.96. The predicted molar refractivity (Wildman–Crippen MR) is 111 cm³/mol. The summed E-state index contributed by atoms with van der Waals surface area (Å²) in [4.78, 5) is 24.6. The number of rotatable bonds is 5. The fourth-order valence-corrected chi connectivity index (χ4v) is 3.46. The van der Waals surface area contributed by atoms with E-state index in [1.807, 2.05) is 0 Å². The maximum absolute atomic E-state index is 12.6. The van der Waals surface area contributed by atoms with Crippen LogP contribution in [0.1, 0.15) is 20.7 Å². The molecule has 0 unspecified atom stereocenters. The number of hydrogen-bond donors (Lipinski definition) is 1. The van der Waals surface area contributed by atoms with E-state index in [-0.39, 0.29) is 16.1 Å². The molecule has 8 heteroatoms. The molecule has 0 aromatic heterocycles. The van der Waals surface area contributed by atoms with Crippen LogP contribution in [0.4, 0.5) is 0 Å². The number of carboxylic acid groups (broad SMARTS) is 1. The highest BCUT2D eigenvalue weighted by molar-refractivity contribution is 6.42. The van der Waals surface area contributed by atoms with Crippen LogP contribution in [0.5, 0.6) is 11.5 Å². The van der Waals surface area contributed by atoms with Crippen molar-refractivity contribution < 1.29 is 28.9 Å². The Balaban J connectivity index is 2.56. The van der Waals surface area contributed by atoms with Crippen molar-refractivity contribution in [2.75, 3.05) is 21.3 Å². The van der Waals surface area contributed by atoms with Gasteiger partial charge in [0.1, 0.15) is 0 Å². The number of carboxylic acids is 1. The van der Waals surface area contributed by atoms with Crippen LogP contribution < -0.4 is 9.47 Å². The Morgan fingerprint density at radius 1 is 0.897 bits per heavy atom. The van der Waals surface area contributed by atoms with Crippen LogP contribution in [0.15, 0.2) is 36.4 Å². The van der Waals surface area contributed by atoms with Gasteiger partial charge in [-0.1, -0.05) is 29.3 Å². The zero-order valence-electron chi connectivity index (χ0n) is 15.7. The third kappa shape index (κ3) is 3.69. The molecule has 0 saturated carbocycles. The van der Waals surface area contributed by atoms with Gasteiger partial charge in [-0.2, -0.15) is 0 Å². The third-order valence-corrected chi connectivity index (χ3v) is 5.21. The fraction of sp³-hybridized carbons (Fsp3) is 0.143. The van der Waals surface area contributed by atoms with Crippen molar-refractivity contribution in [2.24, 2.45) is 0 Å². The molecule has 1 N–H and O–H groups in total. The topological polar surface area (TPSA) is 82.1 Å². The Morgan fingerprint density at radius 2 is 1.55 bits per heavy atom. The number of carbonyl (C=O) groups is 2. The van der Waals surface area contributed by atoms with Gasteiger partial charge in [-0.3, -0.25) is 0 Å². The minimum Gasteiger partial charge on any atom is -0.493 e. The van der Waals surface area contributed by atoms with Crippen LogP contribution in [0, 0.1) is 0 Å². The van der Waals surface area contributed by atoms with E-state index in [0.29, 0.717) is 38.4 Å². The minimum atomic E-state index is -1.27. The third-order valence-electron chi connectivity index (χ3n) is 4.47. The van der Waals surface area contributed by atoms with Gasteiger partial charge in [-0.15, -0.1) is 0 Å². The maximum atomic E-state index is 12.6. The van der Waals surface area contributed by atoms with E-state index in [1.165, 1.54) is 27.4 Å². The van der Waals surface area contributed by atoms with E-state index < -0.39 is 11.9 Å².